The van der Waals surface area contributed by atoms with Crippen LogP contribution in [0.2, 0.25) is 0 Å². The highest BCUT2D eigenvalue weighted by atomic mass is 16.6. The maximum Gasteiger partial charge on any atom is 0.167 e. The second-order valence-electron chi connectivity index (χ2n) is 7.49. The maximum absolute atomic E-state index is 10.5. The molecule has 2 aromatic rings. The molecule has 2 aliphatic rings. The quantitative estimate of drug-likeness (QED) is 0.595. The normalized spacial score (nSPS) is 28.7. The second kappa shape index (κ2) is 7.06. The van der Waals surface area contributed by atoms with Crippen molar-refractivity contribution >= 4 is 17.0 Å². The van der Waals surface area contributed by atoms with Gasteiger partial charge in [0.25, 0.3) is 0 Å². The number of anilines is 1. The monoisotopic (exact) mass is 375 g/mol. The zero-order chi connectivity index (χ0) is 19.1. The van der Waals surface area contributed by atoms with Crippen molar-refractivity contribution in [3.05, 3.63) is 24.0 Å². The number of aliphatic hydroxyl groups excluding tert-OH is 3. The fourth-order valence-electron chi connectivity index (χ4n) is 3.81. The number of hydrogen-bond donors (Lipinski definition) is 4. The van der Waals surface area contributed by atoms with Gasteiger partial charge in [-0.15, -0.1) is 0 Å². The molecule has 0 amide bonds. The SMILES string of the molecule is CC(C)=C(O)[C@H]1O[C@@H](n2cnc3c(NC4CCCC4)ncnc32)[C@H](O)[C@@H]1O. The Morgan fingerprint density at radius 3 is 2.59 bits per heavy atom. The van der Waals surface area contributed by atoms with E-state index in [9.17, 15) is 15.3 Å². The van der Waals surface area contributed by atoms with Gasteiger partial charge < -0.3 is 25.4 Å². The molecule has 2 fully saturated rings. The molecule has 2 aromatic heterocycles. The van der Waals surface area contributed by atoms with Crippen LogP contribution in [0.1, 0.15) is 45.8 Å². The van der Waals surface area contributed by atoms with E-state index in [-0.39, 0.29) is 5.76 Å². The summed E-state index contributed by atoms with van der Waals surface area (Å²) < 4.78 is 7.34. The van der Waals surface area contributed by atoms with Crippen LogP contribution in [0.3, 0.4) is 0 Å². The van der Waals surface area contributed by atoms with Gasteiger partial charge in [-0.25, -0.2) is 15.0 Å². The van der Waals surface area contributed by atoms with E-state index >= 15 is 0 Å². The van der Waals surface area contributed by atoms with E-state index in [4.69, 9.17) is 4.74 Å². The van der Waals surface area contributed by atoms with Crippen LogP contribution in [-0.4, -0.2) is 59.2 Å². The molecule has 0 radical (unpaired) electrons. The fraction of sp³-hybridized carbons (Fsp3) is 0.611. The average Bonchev–Trinajstić information content (AvgIpc) is 3.36. The molecule has 9 heteroatoms. The summed E-state index contributed by atoms with van der Waals surface area (Å²) in [5.74, 6) is 0.578. The Bertz CT molecular complexity index is 857. The first-order valence-electron chi connectivity index (χ1n) is 9.29. The number of aromatic nitrogens is 4. The van der Waals surface area contributed by atoms with Crippen molar-refractivity contribution in [2.24, 2.45) is 0 Å². The van der Waals surface area contributed by atoms with Crippen LogP contribution in [-0.2, 0) is 4.74 Å². The minimum atomic E-state index is -1.25. The molecular weight excluding hydrogens is 350 g/mol. The van der Waals surface area contributed by atoms with E-state index in [0.717, 1.165) is 12.8 Å². The van der Waals surface area contributed by atoms with Crippen LogP contribution in [0, 0.1) is 0 Å². The number of aliphatic hydroxyl groups is 3. The van der Waals surface area contributed by atoms with Gasteiger partial charge >= 0.3 is 0 Å². The van der Waals surface area contributed by atoms with Gasteiger partial charge in [0.2, 0.25) is 0 Å². The molecule has 0 unspecified atom stereocenters. The van der Waals surface area contributed by atoms with Gasteiger partial charge in [-0.3, -0.25) is 4.57 Å². The van der Waals surface area contributed by atoms with E-state index in [1.165, 1.54) is 25.5 Å². The predicted octanol–water partition coefficient (Wildman–Crippen LogP) is 1.65. The third-order valence-corrected chi connectivity index (χ3v) is 5.35. The Kier molecular flexibility index (Phi) is 4.75. The van der Waals surface area contributed by atoms with Crippen molar-refractivity contribution in [3.63, 3.8) is 0 Å². The standard InChI is InChI=1S/C18H25N5O4/c1-9(2)12(24)15-13(25)14(26)18(27-15)23-8-21-11-16(19-7-20-17(11)23)22-10-5-3-4-6-10/h7-8,10,13-15,18,24-26H,3-6H2,1-2H3,(H,19,20,22)/t13-,14+,15+,18+/m0/s1. The summed E-state index contributed by atoms with van der Waals surface area (Å²) in [5.41, 5.74) is 1.71. The molecule has 9 nitrogen and oxygen atoms in total. The maximum atomic E-state index is 10.5. The highest BCUT2D eigenvalue weighted by molar-refractivity contribution is 5.82. The summed E-state index contributed by atoms with van der Waals surface area (Å²) in [4.78, 5) is 13.0. The summed E-state index contributed by atoms with van der Waals surface area (Å²) in [7, 11) is 0. The Morgan fingerprint density at radius 1 is 1.15 bits per heavy atom. The first-order chi connectivity index (χ1) is 13.0. The molecule has 4 N–H and O–H groups in total. The summed E-state index contributed by atoms with van der Waals surface area (Å²) in [6, 6.07) is 0.377. The van der Waals surface area contributed by atoms with Crippen LogP contribution in [0.5, 0.6) is 0 Å². The van der Waals surface area contributed by atoms with E-state index in [1.54, 1.807) is 18.4 Å². The molecule has 3 heterocycles. The smallest absolute Gasteiger partial charge is 0.167 e. The third-order valence-electron chi connectivity index (χ3n) is 5.35. The van der Waals surface area contributed by atoms with Gasteiger partial charge in [-0.05, 0) is 32.3 Å². The van der Waals surface area contributed by atoms with Crippen molar-refractivity contribution in [3.8, 4) is 0 Å². The molecule has 0 spiro atoms. The molecule has 146 valence electrons. The lowest BCUT2D eigenvalue weighted by Gasteiger charge is -2.17. The molecule has 0 aromatic carbocycles. The molecular formula is C18H25N5O4. The summed E-state index contributed by atoms with van der Waals surface area (Å²) in [6.07, 6.45) is 3.19. The molecule has 1 saturated carbocycles. The summed E-state index contributed by atoms with van der Waals surface area (Å²) >= 11 is 0. The number of rotatable bonds is 4. The van der Waals surface area contributed by atoms with Gasteiger partial charge in [0.15, 0.2) is 23.2 Å². The number of ether oxygens (including phenoxy) is 1. The highest BCUT2D eigenvalue weighted by Gasteiger charge is 2.46. The minimum Gasteiger partial charge on any atom is -0.510 e. The van der Waals surface area contributed by atoms with Crippen molar-refractivity contribution in [1.82, 2.24) is 19.5 Å². The van der Waals surface area contributed by atoms with E-state index in [2.05, 4.69) is 20.3 Å². The van der Waals surface area contributed by atoms with Crippen LogP contribution < -0.4 is 5.32 Å². The first kappa shape index (κ1) is 18.1. The fourth-order valence-corrected chi connectivity index (χ4v) is 3.81. The zero-order valence-electron chi connectivity index (χ0n) is 15.4. The Morgan fingerprint density at radius 2 is 1.89 bits per heavy atom. The average molecular weight is 375 g/mol. The minimum absolute atomic E-state index is 0.0771. The molecule has 1 aliphatic heterocycles. The number of nitrogens with one attached hydrogen (secondary N) is 1. The van der Waals surface area contributed by atoms with Gasteiger partial charge in [0.05, 0.1) is 6.33 Å². The number of fused-ring (bicyclic) bond motifs is 1. The van der Waals surface area contributed by atoms with Crippen LogP contribution in [0.15, 0.2) is 24.0 Å². The highest BCUT2D eigenvalue weighted by Crippen LogP contribution is 2.35. The number of nitrogens with zero attached hydrogens (tertiary/aromatic N) is 4. The summed E-state index contributed by atoms with van der Waals surface area (Å²) in [5, 5.41) is 34.4. The van der Waals surface area contributed by atoms with Crippen LogP contribution in [0.4, 0.5) is 5.82 Å². The van der Waals surface area contributed by atoms with Crippen molar-refractivity contribution < 1.29 is 20.1 Å². The van der Waals surface area contributed by atoms with Crippen molar-refractivity contribution in [2.45, 2.75) is 70.1 Å². The molecule has 4 atom stereocenters. The molecule has 1 aliphatic carbocycles. The first-order valence-corrected chi connectivity index (χ1v) is 9.29. The van der Waals surface area contributed by atoms with Crippen LogP contribution in [0.25, 0.3) is 11.2 Å². The van der Waals surface area contributed by atoms with Gasteiger partial charge in [-0.1, -0.05) is 12.8 Å². The largest absolute Gasteiger partial charge is 0.510 e. The summed E-state index contributed by atoms with van der Waals surface area (Å²) in [6.45, 7) is 3.43. The van der Waals surface area contributed by atoms with Crippen LogP contribution >= 0.6 is 0 Å². The predicted molar refractivity (Wildman–Crippen MR) is 98.1 cm³/mol. The van der Waals surface area contributed by atoms with Gasteiger partial charge in [-0.2, -0.15) is 0 Å². The lowest BCUT2D eigenvalue weighted by molar-refractivity contribution is -0.0345. The Labute approximate surface area is 156 Å². The lowest BCUT2D eigenvalue weighted by Crippen LogP contribution is -2.32. The second-order valence-corrected chi connectivity index (χ2v) is 7.49. The van der Waals surface area contributed by atoms with Gasteiger partial charge in [0.1, 0.15) is 30.4 Å². The van der Waals surface area contributed by atoms with E-state index in [0.29, 0.717) is 28.6 Å². The number of hydrogen-bond acceptors (Lipinski definition) is 8. The van der Waals surface area contributed by atoms with Crippen molar-refractivity contribution in [1.29, 1.82) is 0 Å². The molecule has 0 bridgehead atoms. The van der Waals surface area contributed by atoms with E-state index < -0.39 is 24.5 Å². The zero-order valence-corrected chi connectivity index (χ0v) is 15.4. The molecule has 27 heavy (non-hydrogen) atoms. The third kappa shape index (κ3) is 3.15. The topological polar surface area (TPSA) is 126 Å². The van der Waals surface area contributed by atoms with E-state index in [1.807, 2.05) is 0 Å². The number of imidazole rings is 1. The Hall–Kier alpha value is -2.23. The van der Waals surface area contributed by atoms with Crippen molar-refractivity contribution in [2.75, 3.05) is 5.32 Å². The Balaban J connectivity index is 1.65. The lowest BCUT2D eigenvalue weighted by atomic mass is 10.1. The number of allylic oxidation sites excluding steroid dienone is 1. The molecule has 4 rings (SSSR count). The molecule has 1 saturated heterocycles. The van der Waals surface area contributed by atoms with Gasteiger partial charge in [0, 0.05) is 6.04 Å².